The Hall–Kier alpha value is -0.910. The second-order valence-corrected chi connectivity index (χ2v) is 5.90. The molecule has 5 heteroatoms. The monoisotopic (exact) mass is 299 g/mol. The number of rotatable bonds is 9. The lowest BCUT2D eigenvalue weighted by molar-refractivity contribution is 0.0218. The summed E-state index contributed by atoms with van der Waals surface area (Å²) in [5.41, 5.74) is 0. The molecule has 0 fully saturated rings. The Balaban J connectivity index is 2.54. The number of ether oxygens (including phenoxy) is 2. The second-order valence-electron chi connectivity index (χ2n) is 4.91. The predicted octanol–water partition coefficient (Wildman–Crippen LogP) is 2.51. The van der Waals surface area contributed by atoms with E-state index in [2.05, 4.69) is 11.6 Å². The normalized spacial score (nSPS) is 14.1. The van der Waals surface area contributed by atoms with Gasteiger partial charge in [0.05, 0.1) is 6.61 Å². The zero-order valence-electron chi connectivity index (χ0n) is 12.6. The van der Waals surface area contributed by atoms with E-state index in [0.29, 0.717) is 12.4 Å². The molecule has 0 amide bonds. The SMILES string of the molecule is CSCCOc1ccc(OC(NC(C)C)C(C)O)cc1. The van der Waals surface area contributed by atoms with Crippen LogP contribution in [-0.4, -0.2) is 42.1 Å². The number of benzene rings is 1. The van der Waals surface area contributed by atoms with Gasteiger partial charge in [-0.1, -0.05) is 0 Å². The molecule has 20 heavy (non-hydrogen) atoms. The Bertz CT molecular complexity index is 368. The summed E-state index contributed by atoms with van der Waals surface area (Å²) in [7, 11) is 0. The first-order chi connectivity index (χ1) is 9.52. The molecule has 0 radical (unpaired) electrons. The van der Waals surface area contributed by atoms with Crippen LogP contribution in [0.4, 0.5) is 0 Å². The van der Waals surface area contributed by atoms with Crippen LogP contribution in [-0.2, 0) is 0 Å². The highest BCUT2D eigenvalue weighted by atomic mass is 32.2. The van der Waals surface area contributed by atoms with Crippen LogP contribution in [0.2, 0.25) is 0 Å². The lowest BCUT2D eigenvalue weighted by Crippen LogP contribution is -2.46. The number of thioether (sulfide) groups is 1. The average Bonchev–Trinajstić information content (AvgIpc) is 2.39. The van der Waals surface area contributed by atoms with Gasteiger partial charge in [0.15, 0.2) is 6.23 Å². The Morgan fingerprint density at radius 2 is 1.75 bits per heavy atom. The van der Waals surface area contributed by atoms with E-state index >= 15 is 0 Å². The Labute approximate surface area is 125 Å². The molecule has 0 aromatic heterocycles. The highest BCUT2D eigenvalue weighted by Gasteiger charge is 2.17. The molecule has 0 aliphatic carbocycles. The first kappa shape index (κ1) is 17.1. The van der Waals surface area contributed by atoms with Gasteiger partial charge >= 0.3 is 0 Å². The first-order valence-corrected chi connectivity index (χ1v) is 8.25. The summed E-state index contributed by atoms with van der Waals surface area (Å²) < 4.78 is 11.3. The molecule has 0 saturated carbocycles. The van der Waals surface area contributed by atoms with Gasteiger partial charge in [0.2, 0.25) is 0 Å². The number of aliphatic hydroxyl groups is 1. The molecule has 2 N–H and O–H groups in total. The fourth-order valence-corrected chi connectivity index (χ4v) is 1.85. The van der Waals surface area contributed by atoms with Crippen molar-refractivity contribution < 1.29 is 14.6 Å². The molecular formula is C15H25NO3S. The van der Waals surface area contributed by atoms with Crippen molar-refractivity contribution in [3.63, 3.8) is 0 Å². The van der Waals surface area contributed by atoms with Crippen molar-refractivity contribution >= 4 is 11.8 Å². The highest BCUT2D eigenvalue weighted by molar-refractivity contribution is 7.98. The number of hydrogen-bond acceptors (Lipinski definition) is 5. The third kappa shape index (κ3) is 6.50. The summed E-state index contributed by atoms with van der Waals surface area (Å²) >= 11 is 1.76. The van der Waals surface area contributed by atoms with Crippen molar-refractivity contribution in [2.75, 3.05) is 18.6 Å². The summed E-state index contributed by atoms with van der Waals surface area (Å²) in [6.45, 7) is 6.44. The van der Waals surface area contributed by atoms with Gasteiger partial charge in [-0.25, -0.2) is 0 Å². The molecule has 0 bridgehead atoms. The van der Waals surface area contributed by atoms with Gasteiger partial charge in [0.1, 0.15) is 17.6 Å². The van der Waals surface area contributed by atoms with Gasteiger partial charge in [-0.05, 0) is 51.3 Å². The largest absolute Gasteiger partial charge is 0.493 e. The van der Waals surface area contributed by atoms with Crippen LogP contribution in [0.3, 0.4) is 0 Å². The van der Waals surface area contributed by atoms with Gasteiger partial charge < -0.3 is 14.6 Å². The van der Waals surface area contributed by atoms with Crippen molar-refractivity contribution in [2.45, 2.75) is 39.1 Å². The molecular weight excluding hydrogens is 274 g/mol. The Kier molecular flexibility index (Phi) is 7.80. The fraction of sp³-hybridized carbons (Fsp3) is 0.600. The van der Waals surface area contributed by atoms with Crippen molar-refractivity contribution in [1.82, 2.24) is 5.32 Å². The molecule has 0 heterocycles. The predicted molar refractivity (Wildman–Crippen MR) is 84.7 cm³/mol. The Morgan fingerprint density at radius 1 is 1.15 bits per heavy atom. The highest BCUT2D eigenvalue weighted by Crippen LogP contribution is 2.19. The van der Waals surface area contributed by atoms with E-state index in [1.54, 1.807) is 18.7 Å². The van der Waals surface area contributed by atoms with Crippen LogP contribution in [0, 0.1) is 0 Å². The maximum Gasteiger partial charge on any atom is 0.176 e. The van der Waals surface area contributed by atoms with Gasteiger partial charge in [-0.15, -0.1) is 0 Å². The number of nitrogens with one attached hydrogen (secondary N) is 1. The van der Waals surface area contributed by atoms with Crippen LogP contribution in [0.1, 0.15) is 20.8 Å². The summed E-state index contributed by atoms with van der Waals surface area (Å²) in [5, 5.41) is 12.9. The lowest BCUT2D eigenvalue weighted by Gasteiger charge is -2.25. The summed E-state index contributed by atoms with van der Waals surface area (Å²) in [6.07, 6.45) is 1.05. The molecule has 0 spiro atoms. The molecule has 114 valence electrons. The summed E-state index contributed by atoms with van der Waals surface area (Å²) in [6, 6.07) is 7.70. The molecule has 4 nitrogen and oxygen atoms in total. The maximum atomic E-state index is 9.71. The standard InChI is InChI=1S/C15H25NO3S/c1-11(2)16-15(12(3)17)19-14-7-5-13(6-8-14)18-9-10-20-4/h5-8,11-12,15-17H,9-10H2,1-4H3. The molecule has 1 aromatic rings. The summed E-state index contributed by atoms with van der Waals surface area (Å²) in [5.74, 6) is 2.51. The van der Waals surface area contributed by atoms with Crippen LogP contribution < -0.4 is 14.8 Å². The van der Waals surface area contributed by atoms with Crippen molar-refractivity contribution in [1.29, 1.82) is 0 Å². The third-order valence-electron chi connectivity index (χ3n) is 2.58. The molecule has 1 rings (SSSR count). The third-order valence-corrected chi connectivity index (χ3v) is 3.15. The number of aliphatic hydroxyl groups excluding tert-OH is 1. The molecule has 0 aliphatic heterocycles. The van der Waals surface area contributed by atoms with Gasteiger partial charge in [-0.3, -0.25) is 5.32 Å². The van der Waals surface area contributed by atoms with E-state index in [4.69, 9.17) is 9.47 Å². The smallest absolute Gasteiger partial charge is 0.176 e. The zero-order valence-corrected chi connectivity index (χ0v) is 13.4. The molecule has 0 aliphatic rings. The number of hydrogen-bond donors (Lipinski definition) is 2. The average molecular weight is 299 g/mol. The second kappa shape index (κ2) is 9.10. The quantitative estimate of drug-likeness (QED) is 0.542. The fourth-order valence-electron chi connectivity index (χ4n) is 1.60. The van der Waals surface area contributed by atoms with Crippen molar-refractivity contribution in [3.8, 4) is 11.5 Å². The minimum Gasteiger partial charge on any atom is -0.493 e. The van der Waals surface area contributed by atoms with Crippen LogP contribution in [0.25, 0.3) is 0 Å². The molecule has 1 aromatic carbocycles. The van der Waals surface area contributed by atoms with Crippen molar-refractivity contribution in [2.24, 2.45) is 0 Å². The van der Waals surface area contributed by atoms with E-state index in [1.807, 2.05) is 38.1 Å². The van der Waals surface area contributed by atoms with E-state index in [9.17, 15) is 5.11 Å². The van der Waals surface area contributed by atoms with E-state index in [0.717, 1.165) is 11.5 Å². The van der Waals surface area contributed by atoms with Gasteiger partial charge in [0, 0.05) is 11.8 Å². The zero-order chi connectivity index (χ0) is 15.0. The van der Waals surface area contributed by atoms with E-state index in [-0.39, 0.29) is 6.04 Å². The van der Waals surface area contributed by atoms with Crippen molar-refractivity contribution in [3.05, 3.63) is 24.3 Å². The van der Waals surface area contributed by atoms with E-state index < -0.39 is 12.3 Å². The summed E-state index contributed by atoms with van der Waals surface area (Å²) in [4.78, 5) is 0. The van der Waals surface area contributed by atoms with Gasteiger partial charge in [-0.2, -0.15) is 11.8 Å². The minimum atomic E-state index is -0.588. The van der Waals surface area contributed by atoms with Crippen LogP contribution in [0.15, 0.2) is 24.3 Å². The van der Waals surface area contributed by atoms with E-state index in [1.165, 1.54) is 0 Å². The van der Waals surface area contributed by atoms with Gasteiger partial charge in [0.25, 0.3) is 0 Å². The molecule has 2 unspecified atom stereocenters. The lowest BCUT2D eigenvalue weighted by atomic mass is 10.3. The molecule has 0 saturated heterocycles. The van der Waals surface area contributed by atoms with Crippen LogP contribution >= 0.6 is 11.8 Å². The topological polar surface area (TPSA) is 50.7 Å². The maximum absolute atomic E-state index is 9.71. The first-order valence-electron chi connectivity index (χ1n) is 6.85. The van der Waals surface area contributed by atoms with Crippen LogP contribution in [0.5, 0.6) is 11.5 Å². The Morgan fingerprint density at radius 3 is 2.25 bits per heavy atom. The minimum absolute atomic E-state index is 0.240. The molecule has 2 atom stereocenters.